The van der Waals surface area contributed by atoms with E-state index in [0.29, 0.717) is 22.8 Å². The van der Waals surface area contributed by atoms with Gasteiger partial charge in [0.25, 0.3) is 0 Å². The van der Waals surface area contributed by atoms with Gasteiger partial charge in [-0.3, -0.25) is 4.79 Å². The first-order valence-electron chi connectivity index (χ1n) is 6.80. The second kappa shape index (κ2) is 7.51. The number of aromatic hydroxyl groups is 1. The van der Waals surface area contributed by atoms with Crippen molar-refractivity contribution in [3.8, 4) is 5.75 Å². The van der Waals surface area contributed by atoms with Crippen LogP contribution in [0.25, 0.3) is 0 Å². The Morgan fingerprint density at radius 2 is 1.95 bits per heavy atom. The van der Waals surface area contributed by atoms with Gasteiger partial charge in [0.05, 0.1) is 21.2 Å². The van der Waals surface area contributed by atoms with E-state index in [-0.39, 0.29) is 16.5 Å². The summed E-state index contributed by atoms with van der Waals surface area (Å²) in [7, 11) is 0. The van der Waals surface area contributed by atoms with Crippen molar-refractivity contribution in [1.82, 2.24) is 0 Å². The third-order valence-electron chi connectivity index (χ3n) is 3.04. The van der Waals surface area contributed by atoms with Crippen molar-refractivity contribution in [2.24, 2.45) is 0 Å². The highest BCUT2D eigenvalue weighted by Crippen LogP contribution is 2.35. The Labute approximate surface area is 142 Å². The number of hydrogen-bond acceptors (Lipinski definition) is 3. The van der Waals surface area contributed by atoms with Gasteiger partial charge in [-0.2, -0.15) is 0 Å². The maximum Gasteiger partial charge on any atom is 0.238 e. The van der Waals surface area contributed by atoms with Gasteiger partial charge in [-0.1, -0.05) is 52.7 Å². The Morgan fingerprint density at radius 3 is 2.59 bits per heavy atom. The molecule has 0 aliphatic heterocycles. The van der Waals surface area contributed by atoms with Crippen LogP contribution in [0, 0.1) is 0 Å². The second-order valence-corrected chi connectivity index (χ2v) is 6.22. The highest BCUT2D eigenvalue weighted by molar-refractivity contribution is 9.10. The maximum absolute atomic E-state index is 11.9. The molecule has 0 saturated carbocycles. The third kappa shape index (κ3) is 4.15. The van der Waals surface area contributed by atoms with Gasteiger partial charge in [0.15, 0.2) is 0 Å². The Balaban J connectivity index is 2.20. The largest absolute Gasteiger partial charge is 0.506 e. The number of halogens is 2. The van der Waals surface area contributed by atoms with Gasteiger partial charge in [0.1, 0.15) is 5.75 Å². The van der Waals surface area contributed by atoms with E-state index >= 15 is 0 Å². The van der Waals surface area contributed by atoms with Gasteiger partial charge in [-0.05, 0) is 24.6 Å². The van der Waals surface area contributed by atoms with Crippen LogP contribution in [0.2, 0.25) is 5.02 Å². The number of rotatable bonds is 5. The molecule has 3 N–H and O–H groups in total. The Hall–Kier alpha value is -1.72. The minimum absolute atomic E-state index is 0.00572. The van der Waals surface area contributed by atoms with Crippen molar-refractivity contribution >= 4 is 50.5 Å². The monoisotopic (exact) mass is 382 g/mol. The molecule has 2 aromatic carbocycles. The van der Waals surface area contributed by atoms with Crippen molar-refractivity contribution in [3.63, 3.8) is 0 Å². The average molecular weight is 384 g/mol. The zero-order valence-corrected chi connectivity index (χ0v) is 14.3. The molecule has 6 heteroatoms. The van der Waals surface area contributed by atoms with Crippen LogP contribution in [-0.2, 0) is 4.79 Å². The summed E-state index contributed by atoms with van der Waals surface area (Å²) >= 11 is 9.45. The lowest BCUT2D eigenvalue weighted by atomic mass is 10.2. The molecule has 22 heavy (non-hydrogen) atoms. The zero-order chi connectivity index (χ0) is 16.1. The van der Waals surface area contributed by atoms with E-state index in [1.54, 1.807) is 6.07 Å². The molecular weight excluding hydrogens is 368 g/mol. The molecule has 2 aromatic rings. The normalized spacial score (nSPS) is 11.8. The van der Waals surface area contributed by atoms with Crippen molar-refractivity contribution < 1.29 is 9.90 Å². The number of phenols is 1. The molecule has 0 saturated heterocycles. The molecule has 0 fully saturated rings. The molecule has 1 unspecified atom stereocenters. The summed E-state index contributed by atoms with van der Waals surface area (Å²) in [6.45, 7) is 1.89. The van der Waals surface area contributed by atoms with E-state index < -0.39 is 0 Å². The first-order chi connectivity index (χ1) is 10.5. The molecular formula is C16H16BrClN2O2. The molecule has 2 rings (SSSR count). The quantitative estimate of drug-likeness (QED) is 0.508. The minimum atomic E-state index is -0.298. The number of alkyl halides is 1. The molecule has 0 aliphatic rings. The van der Waals surface area contributed by atoms with Gasteiger partial charge >= 0.3 is 0 Å². The van der Waals surface area contributed by atoms with Crippen molar-refractivity contribution in [3.05, 3.63) is 47.5 Å². The summed E-state index contributed by atoms with van der Waals surface area (Å²) in [6.07, 6.45) is 0.656. The summed E-state index contributed by atoms with van der Waals surface area (Å²) < 4.78 is 0. The van der Waals surface area contributed by atoms with Crippen LogP contribution < -0.4 is 10.6 Å². The summed E-state index contributed by atoms with van der Waals surface area (Å²) in [5, 5.41) is 16.2. The van der Waals surface area contributed by atoms with Gasteiger partial charge in [-0.25, -0.2) is 0 Å². The molecule has 0 radical (unpaired) electrons. The van der Waals surface area contributed by atoms with E-state index in [2.05, 4.69) is 26.6 Å². The molecule has 1 atom stereocenters. The van der Waals surface area contributed by atoms with Gasteiger partial charge in [0, 0.05) is 11.8 Å². The van der Waals surface area contributed by atoms with Crippen LogP contribution >= 0.6 is 27.5 Å². The van der Waals surface area contributed by atoms with Gasteiger partial charge in [0.2, 0.25) is 5.91 Å². The lowest BCUT2D eigenvalue weighted by molar-refractivity contribution is -0.115. The molecule has 116 valence electrons. The van der Waals surface area contributed by atoms with E-state index in [1.807, 2.05) is 37.3 Å². The number of carbonyl (C=O) groups excluding carboxylic acids is 1. The summed E-state index contributed by atoms with van der Waals surface area (Å²) in [5.41, 5.74) is 1.68. The fourth-order valence-electron chi connectivity index (χ4n) is 1.83. The number of benzene rings is 2. The molecule has 1 amide bonds. The molecule has 0 heterocycles. The molecule has 0 aliphatic carbocycles. The fourth-order valence-corrected chi connectivity index (χ4v) is 2.16. The first kappa shape index (κ1) is 16.6. The Bertz CT molecular complexity index is 665. The van der Waals surface area contributed by atoms with Crippen LogP contribution in [0.3, 0.4) is 0 Å². The number of phenolic OH excluding ortho intramolecular Hbond substituents is 1. The topological polar surface area (TPSA) is 61.4 Å². The van der Waals surface area contributed by atoms with Crippen molar-refractivity contribution in [2.45, 2.75) is 18.2 Å². The van der Waals surface area contributed by atoms with Crippen molar-refractivity contribution in [2.75, 3.05) is 10.6 Å². The molecule has 4 nitrogen and oxygen atoms in total. The number of carbonyl (C=O) groups is 1. The maximum atomic E-state index is 11.9. The number of anilines is 3. The third-order valence-corrected chi connectivity index (χ3v) is 4.41. The lowest BCUT2D eigenvalue weighted by Crippen LogP contribution is -2.22. The molecule has 0 bridgehead atoms. The number of amides is 1. The van der Waals surface area contributed by atoms with E-state index in [4.69, 9.17) is 11.6 Å². The average Bonchev–Trinajstić information content (AvgIpc) is 2.52. The highest BCUT2D eigenvalue weighted by Gasteiger charge is 2.15. The lowest BCUT2D eigenvalue weighted by Gasteiger charge is -2.14. The Kier molecular flexibility index (Phi) is 5.69. The van der Waals surface area contributed by atoms with Crippen molar-refractivity contribution in [1.29, 1.82) is 0 Å². The summed E-state index contributed by atoms with van der Waals surface area (Å²) in [4.78, 5) is 11.6. The van der Waals surface area contributed by atoms with Crippen LogP contribution in [0.15, 0.2) is 42.5 Å². The second-order valence-electron chi connectivity index (χ2n) is 4.71. The highest BCUT2D eigenvalue weighted by atomic mass is 79.9. The van der Waals surface area contributed by atoms with Crippen LogP contribution in [0.5, 0.6) is 5.75 Å². The number of hydrogen-bond donors (Lipinski definition) is 3. The zero-order valence-electron chi connectivity index (χ0n) is 11.9. The Morgan fingerprint density at radius 1 is 1.27 bits per heavy atom. The predicted octanol–water partition coefficient (Wildman–Crippen LogP) is 4.90. The number of nitrogens with one attached hydrogen (secondary N) is 2. The molecule has 0 spiro atoms. The minimum Gasteiger partial charge on any atom is -0.506 e. The van der Waals surface area contributed by atoms with Gasteiger partial charge in [-0.15, -0.1) is 0 Å². The van der Waals surface area contributed by atoms with E-state index in [0.717, 1.165) is 5.69 Å². The van der Waals surface area contributed by atoms with Crippen LogP contribution in [0.1, 0.15) is 13.3 Å². The van der Waals surface area contributed by atoms with Crippen LogP contribution in [0.4, 0.5) is 17.1 Å². The van der Waals surface area contributed by atoms with E-state index in [9.17, 15) is 9.90 Å². The first-order valence-corrected chi connectivity index (χ1v) is 8.10. The smallest absolute Gasteiger partial charge is 0.238 e. The summed E-state index contributed by atoms with van der Waals surface area (Å²) in [6, 6.07) is 12.4. The molecule has 0 aromatic heterocycles. The SMILES string of the molecule is CCC(Br)C(=O)Nc1cc(O)c(Nc2ccccc2)cc1Cl. The summed E-state index contributed by atoms with van der Waals surface area (Å²) in [5.74, 6) is -0.196. The van der Waals surface area contributed by atoms with Crippen LogP contribution in [-0.4, -0.2) is 15.8 Å². The standard InChI is InChI=1S/C16H16BrClN2O2/c1-2-11(17)16(22)20-13-9-15(21)14(8-12(13)18)19-10-6-4-3-5-7-10/h3-9,11,19,21H,2H2,1H3,(H,20,22). The van der Waals surface area contributed by atoms with E-state index in [1.165, 1.54) is 6.07 Å². The van der Waals surface area contributed by atoms with Gasteiger partial charge < -0.3 is 15.7 Å². The fraction of sp³-hybridized carbons (Fsp3) is 0.188. The number of para-hydroxylation sites is 1. The predicted molar refractivity (Wildman–Crippen MR) is 94.5 cm³/mol.